The molecule has 5 nitrogen and oxygen atoms in total. The quantitative estimate of drug-likeness (QED) is 0.721. The van der Waals surface area contributed by atoms with E-state index in [0.29, 0.717) is 18.1 Å². The van der Waals surface area contributed by atoms with Gasteiger partial charge < -0.3 is 4.52 Å². The zero-order valence-electron chi connectivity index (χ0n) is 14.6. The van der Waals surface area contributed by atoms with Gasteiger partial charge in [0.25, 0.3) is 0 Å². The molecule has 0 saturated heterocycles. The fourth-order valence-electron chi connectivity index (χ4n) is 3.41. The standard InChI is InChI=1S/C20H22N4O/c1-13-5-7-17-15(10-13)6-8-18(22-17)20-23-19(25-24-20)11-14(2)16-4-3-9-21-12-16/h3-4,6,8-9,12-14H,5,7,10-11H2,1-2H3. The summed E-state index contributed by atoms with van der Waals surface area (Å²) in [7, 11) is 0. The molecule has 2 atom stereocenters. The predicted molar refractivity (Wildman–Crippen MR) is 95.1 cm³/mol. The summed E-state index contributed by atoms with van der Waals surface area (Å²) in [5, 5.41) is 4.13. The number of fused-ring (bicyclic) bond motifs is 1. The van der Waals surface area contributed by atoms with E-state index >= 15 is 0 Å². The van der Waals surface area contributed by atoms with Crippen molar-refractivity contribution < 1.29 is 4.52 Å². The van der Waals surface area contributed by atoms with Gasteiger partial charge >= 0.3 is 0 Å². The minimum absolute atomic E-state index is 0.278. The molecule has 0 fully saturated rings. The lowest BCUT2D eigenvalue weighted by Gasteiger charge is -2.20. The summed E-state index contributed by atoms with van der Waals surface area (Å²) in [6, 6.07) is 8.20. The first-order valence-corrected chi connectivity index (χ1v) is 8.90. The van der Waals surface area contributed by atoms with Crippen molar-refractivity contribution in [2.45, 2.75) is 45.4 Å². The van der Waals surface area contributed by atoms with Gasteiger partial charge in [-0.3, -0.25) is 4.98 Å². The highest BCUT2D eigenvalue weighted by molar-refractivity contribution is 5.50. The number of rotatable bonds is 4. The Morgan fingerprint density at radius 3 is 3.00 bits per heavy atom. The van der Waals surface area contributed by atoms with E-state index in [-0.39, 0.29) is 5.92 Å². The first-order chi connectivity index (χ1) is 12.2. The van der Waals surface area contributed by atoms with Gasteiger partial charge in [0.1, 0.15) is 5.69 Å². The van der Waals surface area contributed by atoms with Gasteiger partial charge in [-0.1, -0.05) is 31.1 Å². The van der Waals surface area contributed by atoms with Crippen molar-refractivity contribution in [3.63, 3.8) is 0 Å². The van der Waals surface area contributed by atoms with Crippen molar-refractivity contribution in [1.82, 2.24) is 20.1 Å². The van der Waals surface area contributed by atoms with Gasteiger partial charge in [-0.15, -0.1) is 0 Å². The molecule has 128 valence electrons. The number of pyridine rings is 2. The smallest absolute Gasteiger partial charge is 0.227 e. The normalized spacial score (nSPS) is 17.9. The van der Waals surface area contributed by atoms with Gasteiger partial charge in [-0.2, -0.15) is 4.98 Å². The summed E-state index contributed by atoms with van der Waals surface area (Å²) in [5.74, 6) is 2.24. The second-order valence-electron chi connectivity index (χ2n) is 7.05. The van der Waals surface area contributed by atoms with E-state index in [0.717, 1.165) is 24.5 Å². The van der Waals surface area contributed by atoms with Gasteiger partial charge in [0.2, 0.25) is 11.7 Å². The fraction of sp³-hybridized carbons (Fsp3) is 0.400. The van der Waals surface area contributed by atoms with Crippen molar-refractivity contribution in [3.8, 4) is 11.5 Å². The molecule has 3 heterocycles. The average molecular weight is 334 g/mol. The Morgan fingerprint density at radius 1 is 1.24 bits per heavy atom. The summed E-state index contributed by atoms with van der Waals surface area (Å²) in [6.07, 6.45) is 7.71. The Kier molecular flexibility index (Phi) is 4.30. The SMILES string of the molecule is CC1CCc2nc(-c3noc(CC(C)c4cccnc4)n3)ccc2C1. The molecule has 4 rings (SSSR count). The first kappa shape index (κ1) is 15.9. The maximum atomic E-state index is 5.45. The third-order valence-corrected chi connectivity index (χ3v) is 4.94. The highest BCUT2D eigenvalue weighted by Crippen LogP contribution is 2.26. The molecular formula is C20H22N4O. The second kappa shape index (κ2) is 6.75. The Hall–Kier alpha value is -2.56. The second-order valence-corrected chi connectivity index (χ2v) is 7.05. The zero-order chi connectivity index (χ0) is 17.2. The molecule has 1 aliphatic rings. The highest BCUT2D eigenvalue weighted by atomic mass is 16.5. The Balaban J connectivity index is 1.51. The summed E-state index contributed by atoms with van der Waals surface area (Å²) < 4.78 is 5.45. The summed E-state index contributed by atoms with van der Waals surface area (Å²) in [4.78, 5) is 13.5. The third kappa shape index (κ3) is 3.45. The van der Waals surface area contributed by atoms with Crippen LogP contribution < -0.4 is 0 Å². The minimum atomic E-state index is 0.278. The molecule has 0 aromatic carbocycles. The molecule has 2 unspecified atom stereocenters. The van der Waals surface area contributed by atoms with E-state index < -0.39 is 0 Å². The maximum absolute atomic E-state index is 5.45. The third-order valence-electron chi connectivity index (χ3n) is 4.94. The lowest BCUT2D eigenvalue weighted by molar-refractivity contribution is 0.371. The molecular weight excluding hydrogens is 312 g/mol. The van der Waals surface area contributed by atoms with Crippen LogP contribution in [0, 0.1) is 5.92 Å². The van der Waals surface area contributed by atoms with Crippen LogP contribution in [0.15, 0.2) is 41.2 Å². The van der Waals surface area contributed by atoms with Crippen LogP contribution >= 0.6 is 0 Å². The van der Waals surface area contributed by atoms with Crippen LogP contribution in [0.5, 0.6) is 0 Å². The zero-order valence-corrected chi connectivity index (χ0v) is 14.6. The minimum Gasteiger partial charge on any atom is -0.339 e. The number of hydrogen-bond acceptors (Lipinski definition) is 5. The average Bonchev–Trinajstić information content (AvgIpc) is 3.10. The molecule has 0 radical (unpaired) electrons. The van der Waals surface area contributed by atoms with E-state index in [1.54, 1.807) is 6.20 Å². The Bertz CT molecular complexity index is 859. The van der Waals surface area contributed by atoms with Crippen LogP contribution in [-0.2, 0) is 19.3 Å². The number of aryl methyl sites for hydroxylation is 1. The molecule has 1 aliphatic carbocycles. The monoisotopic (exact) mass is 334 g/mol. The summed E-state index contributed by atoms with van der Waals surface area (Å²) >= 11 is 0. The van der Waals surface area contributed by atoms with Crippen molar-refractivity contribution in [2.24, 2.45) is 5.92 Å². The molecule has 3 aromatic heterocycles. The highest BCUT2D eigenvalue weighted by Gasteiger charge is 2.19. The predicted octanol–water partition coefficient (Wildman–Crippen LogP) is 4.00. The molecule has 3 aromatic rings. The van der Waals surface area contributed by atoms with E-state index in [1.807, 2.05) is 18.3 Å². The molecule has 0 N–H and O–H groups in total. The van der Waals surface area contributed by atoms with Gasteiger partial charge in [0.05, 0.1) is 0 Å². The summed E-state index contributed by atoms with van der Waals surface area (Å²) in [5.41, 5.74) is 4.52. The van der Waals surface area contributed by atoms with E-state index in [2.05, 4.69) is 41.1 Å². The van der Waals surface area contributed by atoms with Crippen LogP contribution in [0.2, 0.25) is 0 Å². The number of aromatic nitrogens is 4. The molecule has 0 bridgehead atoms. The van der Waals surface area contributed by atoms with Crippen LogP contribution in [-0.4, -0.2) is 20.1 Å². The van der Waals surface area contributed by atoms with E-state index in [9.17, 15) is 0 Å². The molecule has 0 spiro atoms. The summed E-state index contributed by atoms with van der Waals surface area (Å²) in [6.45, 7) is 4.44. The van der Waals surface area contributed by atoms with E-state index in [4.69, 9.17) is 9.51 Å². The number of hydrogen-bond donors (Lipinski definition) is 0. The van der Waals surface area contributed by atoms with Gasteiger partial charge in [0, 0.05) is 24.5 Å². The molecule has 0 saturated carbocycles. The lowest BCUT2D eigenvalue weighted by atomic mass is 9.88. The fourth-order valence-corrected chi connectivity index (χ4v) is 3.41. The molecule has 0 aliphatic heterocycles. The van der Waals surface area contributed by atoms with Crippen LogP contribution in [0.25, 0.3) is 11.5 Å². The Labute approximate surface area is 147 Å². The van der Waals surface area contributed by atoms with Crippen molar-refractivity contribution >= 4 is 0 Å². The number of nitrogens with zero attached hydrogens (tertiary/aromatic N) is 4. The van der Waals surface area contributed by atoms with Crippen molar-refractivity contribution in [3.05, 3.63) is 59.4 Å². The van der Waals surface area contributed by atoms with Crippen LogP contribution in [0.4, 0.5) is 0 Å². The van der Waals surface area contributed by atoms with Gasteiger partial charge in [-0.05, 0) is 54.4 Å². The lowest BCUT2D eigenvalue weighted by Crippen LogP contribution is -2.13. The molecule has 0 amide bonds. The largest absolute Gasteiger partial charge is 0.339 e. The topological polar surface area (TPSA) is 64.7 Å². The Morgan fingerprint density at radius 2 is 2.16 bits per heavy atom. The van der Waals surface area contributed by atoms with Crippen LogP contribution in [0.1, 0.15) is 48.9 Å². The van der Waals surface area contributed by atoms with Gasteiger partial charge in [-0.25, -0.2) is 4.98 Å². The molecule has 5 heteroatoms. The van der Waals surface area contributed by atoms with Crippen molar-refractivity contribution in [1.29, 1.82) is 0 Å². The van der Waals surface area contributed by atoms with Gasteiger partial charge in [0.15, 0.2) is 0 Å². The maximum Gasteiger partial charge on any atom is 0.227 e. The van der Waals surface area contributed by atoms with E-state index in [1.165, 1.54) is 23.2 Å². The molecule has 25 heavy (non-hydrogen) atoms. The first-order valence-electron chi connectivity index (χ1n) is 8.90. The van der Waals surface area contributed by atoms with Crippen LogP contribution in [0.3, 0.4) is 0 Å². The van der Waals surface area contributed by atoms with Crippen molar-refractivity contribution in [2.75, 3.05) is 0 Å².